The number of piperidine rings is 1. The van der Waals surface area contributed by atoms with E-state index in [0.29, 0.717) is 43.0 Å². The first kappa shape index (κ1) is 20.0. The van der Waals surface area contributed by atoms with Crippen LogP contribution in [0.3, 0.4) is 0 Å². The van der Waals surface area contributed by atoms with Crippen molar-refractivity contribution in [2.24, 2.45) is 5.92 Å². The van der Waals surface area contributed by atoms with E-state index in [-0.39, 0.29) is 5.91 Å². The number of fused-ring (bicyclic) bond motifs is 1. The third kappa shape index (κ3) is 4.51. The van der Waals surface area contributed by atoms with Gasteiger partial charge in [-0.3, -0.25) is 9.69 Å². The van der Waals surface area contributed by atoms with Crippen LogP contribution in [0.4, 0.5) is 0 Å². The zero-order chi connectivity index (χ0) is 20.2. The minimum atomic E-state index is -0.119. The molecule has 29 heavy (non-hydrogen) atoms. The Hall–Kier alpha value is -2.25. The maximum atomic E-state index is 13.0. The fraction of sp³-hybridized carbons (Fsp3) is 0.591. The molecule has 0 spiro atoms. The summed E-state index contributed by atoms with van der Waals surface area (Å²) in [4.78, 5) is 17.5. The van der Waals surface area contributed by atoms with E-state index in [2.05, 4.69) is 39.5 Å². The quantitative estimate of drug-likeness (QED) is 0.713. The van der Waals surface area contributed by atoms with Gasteiger partial charge in [0.15, 0.2) is 5.69 Å². The smallest absolute Gasteiger partial charge is 0.278 e. The first-order chi connectivity index (χ1) is 14.2. The number of amides is 1. The SMILES string of the molecule is COCCN(C[C@H]1CCCN(C2Cc3ccccc3C2)C1)C(=O)c1nonc1C. The third-order valence-corrected chi connectivity index (χ3v) is 6.28. The second kappa shape index (κ2) is 9.05. The van der Waals surface area contributed by atoms with Crippen LogP contribution >= 0.6 is 0 Å². The molecule has 1 fully saturated rings. The number of methoxy groups -OCH3 is 1. The number of aromatic nitrogens is 2. The van der Waals surface area contributed by atoms with Crippen molar-refractivity contribution in [3.8, 4) is 0 Å². The highest BCUT2D eigenvalue weighted by molar-refractivity contribution is 5.93. The van der Waals surface area contributed by atoms with E-state index in [9.17, 15) is 4.79 Å². The van der Waals surface area contributed by atoms with Crippen LogP contribution in [0.2, 0.25) is 0 Å². The molecule has 4 rings (SSSR count). The summed E-state index contributed by atoms with van der Waals surface area (Å²) in [6.45, 7) is 5.69. The number of carbonyl (C=O) groups is 1. The van der Waals surface area contributed by atoms with E-state index in [1.165, 1.54) is 17.5 Å². The number of benzene rings is 1. The number of likely N-dealkylation sites (tertiary alicyclic amines) is 1. The molecule has 2 aromatic rings. The number of hydrogen-bond donors (Lipinski definition) is 0. The molecule has 7 heteroatoms. The number of rotatable bonds is 7. The molecule has 156 valence electrons. The van der Waals surface area contributed by atoms with Gasteiger partial charge in [-0.05, 0) is 61.4 Å². The Labute approximate surface area is 172 Å². The summed E-state index contributed by atoms with van der Waals surface area (Å²) < 4.78 is 9.97. The van der Waals surface area contributed by atoms with Gasteiger partial charge >= 0.3 is 0 Å². The molecule has 0 N–H and O–H groups in total. The van der Waals surface area contributed by atoms with Gasteiger partial charge in [-0.1, -0.05) is 29.4 Å². The summed E-state index contributed by atoms with van der Waals surface area (Å²) in [5.74, 6) is 0.333. The van der Waals surface area contributed by atoms with Crippen molar-refractivity contribution in [3.63, 3.8) is 0 Å². The molecule has 0 saturated carbocycles. The van der Waals surface area contributed by atoms with Gasteiger partial charge in [0, 0.05) is 32.8 Å². The largest absolute Gasteiger partial charge is 0.383 e. The van der Waals surface area contributed by atoms with E-state index in [0.717, 1.165) is 32.4 Å². The standard InChI is InChI=1S/C22H30N4O3/c1-16-21(24-29-23-16)22(27)26(10-11-28-2)15-17-6-5-9-25(14-17)20-12-18-7-3-4-8-19(18)13-20/h3-4,7-8,17,20H,5-6,9-15H2,1-2H3/t17-/m0/s1. The van der Waals surface area contributed by atoms with E-state index >= 15 is 0 Å². The maximum Gasteiger partial charge on any atom is 0.278 e. The Morgan fingerprint density at radius 2 is 2.03 bits per heavy atom. The predicted molar refractivity (Wildman–Crippen MR) is 109 cm³/mol. The van der Waals surface area contributed by atoms with Crippen LogP contribution in [-0.4, -0.2) is 72.0 Å². The molecule has 1 aliphatic carbocycles. The molecule has 7 nitrogen and oxygen atoms in total. The monoisotopic (exact) mass is 398 g/mol. The lowest BCUT2D eigenvalue weighted by molar-refractivity contribution is 0.0564. The molecule has 0 radical (unpaired) electrons. The molecule has 1 aromatic heterocycles. The Morgan fingerprint density at radius 1 is 1.28 bits per heavy atom. The van der Waals surface area contributed by atoms with Crippen molar-refractivity contribution in [1.82, 2.24) is 20.1 Å². The summed E-state index contributed by atoms with van der Waals surface area (Å²) in [7, 11) is 1.66. The van der Waals surface area contributed by atoms with Crippen LogP contribution in [0, 0.1) is 12.8 Å². The Morgan fingerprint density at radius 3 is 2.69 bits per heavy atom. The molecule has 0 bridgehead atoms. The van der Waals surface area contributed by atoms with Gasteiger partial charge in [0.2, 0.25) is 0 Å². The normalized spacial score (nSPS) is 20.0. The number of hydrogen-bond acceptors (Lipinski definition) is 6. The lowest BCUT2D eigenvalue weighted by Crippen LogP contribution is -2.47. The minimum Gasteiger partial charge on any atom is -0.383 e. The fourth-order valence-corrected chi connectivity index (χ4v) is 4.74. The highest BCUT2D eigenvalue weighted by Gasteiger charge is 2.32. The van der Waals surface area contributed by atoms with Gasteiger partial charge in [0.25, 0.3) is 5.91 Å². The van der Waals surface area contributed by atoms with Crippen molar-refractivity contribution < 1.29 is 14.2 Å². The number of carbonyl (C=O) groups excluding carboxylic acids is 1. The summed E-state index contributed by atoms with van der Waals surface area (Å²) in [5, 5.41) is 7.57. The number of ether oxygens (including phenoxy) is 1. The first-order valence-corrected chi connectivity index (χ1v) is 10.5. The molecule has 1 aliphatic heterocycles. The molecule has 1 aromatic carbocycles. The van der Waals surface area contributed by atoms with Crippen molar-refractivity contribution in [3.05, 3.63) is 46.8 Å². The topological polar surface area (TPSA) is 71.7 Å². The molecule has 1 atom stereocenters. The summed E-state index contributed by atoms with van der Waals surface area (Å²) in [6.07, 6.45) is 4.59. The first-order valence-electron chi connectivity index (χ1n) is 10.5. The fourth-order valence-electron chi connectivity index (χ4n) is 4.74. The molecule has 2 heterocycles. The average Bonchev–Trinajstić information content (AvgIpc) is 3.37. The second-order valence-corrected chi connectivity index (χ2v) is 8.28. The van der Waals surface area contributed by atoms with Crippen molar-refractivity contribution in [2.45, 2.75) is 38.6 Å². The highest BCUT2D eigenvalue weighted by atomic mass is 16.6. The Kier molecular flexibility index (Phi) is 6.25. The van der Waals surface area contributed by atoms with Gasteiger partial charge in [-0.2, -0.15) is 0 Å². The summed E-state index contributed by atoms with van der Waals surface area (Å²) in [6, 6.07) is 9.38. The van der Waals surface area contributed by atoms with Gasteiger partial charge in [-0.15, -0.1) is 0 Å². The predicted octanol–water partition coefficient (Wildman–Crippen LogP) is 2.35. The number of aryl methyl sites for hydroxylation is 1. The van der Waals surface area contributed by atoms with Crippen LogP contribution in [0.5, 0.6) is 0 Å². The van der Waals surface area contributed by atoms with Gasteiger partial charge in [0.05, 0.1) is 6.61 Å². The molecular formula is C22H30N4O3. The Bertz CT molecular complexity index is 812. The van der Waals surface area contributed by atoms with Crippen LogP contribution in [0.15, 0.2) is 28.9 Å². The highest BCUT2D eigenvalue weighted by Crippen LogP contribution is 2.29. The minimum absolute atomic E-state index is 0.119. The van der Waals surface area contributed by atoms with Gasteiger partial charge in [-0.25, -0.2) is 4.63 Å². The molecule has 1 saturated heterocycles. The summed E-state index contributed by atoms with van der Waals surface area (Å²) >= 11 is 0. The van der Waals surface area contributed by atoms with Crippen LogP contribution in [0.25, 0.3) is 0 Å². The second-order valence-electron chi connectivity index (χ2n) is 8.28. The summed E-state index contributed by atoms with van der Waals surface area (Å²) in [5.41, 5.74) is 3.82. The van der Waals surface area contributed by atoms with Gasteiger partial charge < -0.3 is 9.64 Å². The molecule has 1 amide bonds. The number of nitrogens with zero attached hydrogens (tertiary/aromatic N) is 4. The lowest BCUT2D eigenvalue weighted by Gasteiger charge is -2.38. The maximum absolute atomic E-state index is 13.0. The molecule has 0 unspecified atom stereocenters. The zero-order valence-electron chi connectivity index (χ0n) is 17.3. The van der Waals surface area contributed by atoms with E-state index in [4.69, 9.17) is 9.37 Å². The van der Waals surface area contributed by atoms with Crippen LogP contribution in [0.1, 0.15) is 40.2 Å². The van der Waals surface area contributed by atoms with Crippen molar-refractivity contribution in [2.75, 3.05) is 39.9 Å². The Balaban J connectivity index is 1.40. The van der Waals surface area contributed by atoms with Crippen molar-refractivity contribution >= 4 is 5.91 Å². The van der Waals surface area contributed by atoms with E-state index in [1.807, 2.05) is 4.90 Å². The van der Waals surface area contributed by atoms with Crippen LogP contribution < -0.4 is 0 Å². The van der Waals surface area contributed by atoms with Crippen LogP contribution in [-0.2, 0) is 17.6 Å². The van der Waals surface area contributed by atoms with Gasteiger partial charge in [0.1, 0.15) is 5.69 Å². The third-order valence-electron chi connectivity index (χ3n) is 6.28. The van der Waals surface area contributed by atoms with Crippen molar-refractivity contribution in [1.29, 1.82) is 0 Å². The average molecular weight is 399 g/mol. The zero-order valence-corrected chi connectivity index (χ0v) is 17.3. The van der Waals surface area contributed by atoms with E-state index in [1.54, 1.807) is 14.0 Å². The molecular weight excluding hydrogens is 368 g/mol. The van der Waals surface area contributed by atoms with E-state index < -0.39 is 0 Å². The molecule has 2 aliphatic rings. The lowest BCUT2D eigenvalue weighted by atomic mass is 9.95.